The second-order valence-electron chi connectivity index (χ2n) is 5.83. The van der Waals surface area contributed by atoms with Crippen LogP contribution in [0.5, 0.6) is 0 Å². The van der Waals surface area contributed by atoms with Gasteiger partial charge in [-0.15, -0.1) is 0 Å². The maximum absolute atomic E-state index is 8.25. The highest BCUT2D eigenvalue weighted by Gasteiger charge is 2.11. The van der Waals surface area contributed by atoms with Crippen molar-refractivity contribution in [2.24, 2.45) is 10.9 Å². The van der Waals surface area contributed by atoms with Gasteiger partial charge >= 0.3 is 0 Å². The van der Waals surface area contributed by atoms with Gasteiger partial charge < -0.3 is 5.41 Å². The lowest BCUT2D eigenvalue weighted by Gasteiger charge is -2.14. The number of nitrogens with one attached hydrogen (secondary N) is 1. The van der Waals surface area contributed by atoms with Gasteiger partial charge in [0, 0.05) is 17.0 Å². The van der Waals surface area contributed by atoms with Crippen LogP contribution in [0, 0.1) is 11.3 Å². The molecule has 1 saturated carbocycles. The molecule has 0 bridgehead atoms. The summed E-state index contributed by atoms with van der Waals surface area (Å²) in [6.45, 7) is 4.31. The first kappa shape index (κ1) is 14.0. The van der Waals surface area contributed by atoms with Crippen LogP contribution in [0.4, 0.5) is 5.69 Å². The quantitative estimate of drug-likeness (QED) is 0.724. The molecule has 0 atom stereocenters. The molecule has 0 spiro atoms. The summed E-state index contributed by atoms with van der Waals surface area (Å²) in [6.07, 6.45) is 6.96. The monoisotopic (exact) mass is 256 g/mol. The average Bonchev–Trinajstić information content (AvgIpc) is 2.39. The predicted octanol–water partition coefficient (Wildman–Crippen LogP) is 5.14. The van der Waals surface area contributed by atoms with Gasteiger partial charge in [-0.25, -0.2) is 0 Å². The zero-order valence-electron chi connectivity index (χ0n) is 12.1. The van der Waals surface area contributed by atoms with Crippen LogP contribution in [-0.4, -0.2) is 11.4 Å². The Bertz CT molecular complexity index is 464. The SMILES string of the molecule is CC(C)CC(=N)c1ccccc1N=C1CCCCC1. The minimum atomic E-state index is 0.517. The van der Waals surface area contributed by atoms with Crippen molar-refractivity contribution in [1.82, 2.24) is 0 Å². The standard InChI is InChI=1S/C17H24N2/c1-13(2)12-16(18)15-10-6-7-11-17(15)19-14-8-4-3-5-9-14/h6-7,10-11,13,18H,3-5,8-9,12H2,1-2H3. The summed E-state index contributed by atoms with van der Waals surface area (Å²) in [4.78, 5) is 4.82. The number of para-hydroxylation sites is 1. The fourth-order valence-electron chi connectivity index (χ4n) is 2.59. The summed E-state index contributed by atoms with van der Waals surface area (Å²) in [5.74, 6) is 0.517. The van der Waals surface area contributed by atoms with Crippen LogP contribution in [0.2, 0.25) is 0 Å². The highest BCUT2D eigenvalue weighted by Crippen LogP contribution is 2.25. The molecule has 0 saturated heterocycles. The third-order valence-electron chi connectivity index (χ3n) is 3.55. The molecule has 0 heterocycles. The molecule has 102 valence electrons. The van der Waals surface area contributed by atoms with E-state index in [1.54, 1.807) is 0 Å². The molecule has 2 rings (SSSR count). The summed E-state index contributed by atoms with van der Waals surface area (Å²) in [5, 5.41) is 8.25. The summed E-state index contributed by atoms with van der Waals surface area (Å²) in [6, 6.07) is 8.11. The predicted molar refractivity (Wildman–Crippen MR) is 82.9 cm³/mol. The Morgan fingerprint density at radius 3 is 2.53 bits per heavy atom. The molecule has 19 heavy (non-hydrogen) atoms. The van der Waals surface area contributed by atoms with E-state index < -0.39 is 0 Å². The smallest absolute Gasteiger partial charge is 0.0719 e. The minimum absolute atomic E-state index is 0.517. The number of aliphatic imine (C=N–C) groups is 1. The molecule has 1 aliphatic rings. The number of benzene rings is 1. The van der Waals surface area contributed by atoms with Crippen molar-refractivity contribution < 1.29 is 0 Å². The Morgan fingerprint density at radius 2 is 1.84 bits per heavy atom. The molecule has 0 aliphatic heterocycles. The van der Waals surface area contributed by atoms with Crippen molar-refractivity contribution in [2.45, 2.75) is 52.4 Å². The molecule has 1 N–H and O–H groups in total. The molecule has 1 aromatic carbocycles. The minimum Gasteiger partial charge on any atom is -0.305 e. The molecule has 1 fully saturated rings. The molecule has 1 aromatic rings. The molecule has 2 heteroatoms. The molecule has 2 nitrogen and oxygen atoms in total. The van der Waals surface area contributed by atoms with E-state index in [-0.39, 0.29) is 0 Å². The number of hydrogen-bond acceptors (Lipinski definition) is 2. The Labute approximate surface area is 116 Å². The molecule has 1 aliphatic carbocycles. The van der Waals surface area contributed by atoms with E-state index in [4.69, 9.17) is 10.4 Å². The van der Waals surface area contributed by atoms with Crippen LogP contribution in [0.1, 0.15) is 57.9 Å². The summed E-state index contributed by atoms with van der Waals surface area (Å²) in [7, 11) is 0. The number of hydrogen-bond donors (Lipinski definition) is 1. The second-order valence-corrected chi connectivity index (χ2v) is 5.83. The maximum atomic E-state index is 8.25. The average molecular weight is 256 g/mol. The molecule has 0 aromatic heterocycles. The van der Waals surface area contributed by atoms with Crippen molar-refractivity contribution in [3.63, 3.8) is 0 Å². The zero-order chi connectivity index (χ0) is 13.7. The number of nitrogens with zero attached hydrogens (tertiary/aromatic N) is 1. The van der Waals surface area contributed by atoms with Gasteiger partial charge in [0.1, 0.15) is 0 Å². The lowest BCUT2D eigenvalue weighted by atomic mass is 9.97. The van der Waals surface area contributed by atoms with Crippen LogP contribution in [0.15, 0.2) is 29.3 Å². The maximum Gasteiger partial charge on any atom is 0.0719 e. The fraction of sp³-hybridized carbons (Fsp3) is 0.529. The highest BCUT2D eigenvalue weighted by molar-refractivity contribution is 6.03. The lowest BCUT2D eigenvalue weighted by Crippen LogP contribution is -2.06. The zero-order valence-corrected chi connectivity index (χ0v) is 12.1. The lowest BCUT2D eigenvalue weighted by molar-refractivity contribution is 0.667. The Hall–Kier alpha value is -1.44. The molecule has 0 unspecified atom stereocenters. The first-order valence-corrected chi connectivity index (χ1v) is 7.40. The van der Waals surface area contributed by atoms with Gasteiger partial charge in [-0.2, -0.15) is 0 Å². The first-order chi connectivity index (χ1) is 9.16. The van der Waals surface area contributed by atoms with Crippen molar-refractivity contribution >= 4 is 17.1 Å². The highest BCUT2D eigenvalue weighted by atomic mass is 14.8. The Kier molecular flexibility index (Phi) is 4.89. The van der Waals surface area contributed by atoms with Crippen molar-refractivity contribution in [3.05, 3.63) is 29.8 Å². The Balaban J connectivity index is 2.22. The van der Waals surface area contributed by atoms with Crippen molar-refractivity contribution in [2.75, 3.05) is 0 Å². The van der Waals surface area contributed by atoms with Crippen molar-refractivity contribution in [1.29, 1.82) is 5.41 Å². The van der Waals surface area contributed by atoms with E-state index in [9.17, 15) is 0 Å². The van der Waals surface area contributed by atoms with E-state index in [0.717, 1.165) is 30.5 Å². The van der Waals surface area contributed by atoms with Gasteiger partial charge in [-0.05, 0) is 44.1 Å². The topological polar surface area (TPSA) is 36.2 Å². The molecule has 0 amide bonds. The molecule has 0 radical (unpaired) electrons. The van der Waals surface area contributed by atoms with E-state index in [1.165, 1.54) is 25.0 Å². The fourth-order valence-corrected chi connectivity index (χ4v) is 2.59. The van der Waals surface area contributed by atoms with Gasteiger partial charge in [-0.1, -0.05) is 38.5 Å². The van der Waals surface area contributed by atoms with Gasteiger partial charge in [0.05, 0.1) is 5.69 Å². The Morgan fingerprint density at radius 1 is 1.16 bits per heavy atom. The molecular formula is C17H24N2. The van der Waals surface area contributed by atoms with Crippen LogP contribution in [0.3, 0.4) is 0 Å². The van der Waals surface area contributed by atoms with Crippen LogP contribution in [-0.2, 0) is 0 Å². The third-order valence-corrected chi connectivity index (χ3v) is 3.55. The second kappa shape index (κ2) is 6.65. The van der Waals surface area contributed by atoms with Gasteiger partial charge in [0.2, 0.25) is 0 Å². The first-order valence-electron chi connectivity index (χ1n) is 7.40. The summed E-state index contributed by atoms with van der Waals surface area (Å²) >= 11 is 0. The van der Waals surface area contributed by atoms with E-state index in [0.29, 0.717) is 11.6 Å². The van der Waals surface area contributed by atoms with Gasteiger partial charge in [0.25, 0.3) is 0 Å². The van der Waals surface area contributed by atoms with E-state index in [1.807, 2.05) is 24.3 Å². The normalized spacial score (nSPS) is 15.6. The van der Waals surface area contributed by atoms with Crippen molar-refractivity contribution in [3.8, 4) is 0 Å². The third kappa shape index (κ3) is 4.02. The number of rotatable bonds is 4. The summed E-state index contributed by atoms with van der Waals surface area (Å²) in [5.41, 5.74) is 4.03. The van der Waals surface area contributed by atoms with Gasteiger partial charge in [0.15, 0.2) is 0 Å². The summed E-state index contributed by atoms with van der Waals surface area (Å²) < 4.78 is 0. The molecular weight excluding hydrogens is 232 g/mol. The van der Waals surface area contributed by atoms with E-state index in [2.05, 4.69) is 13.8 Å². The van der Waals surface area contributed by atoms with Crippen LogP contribution in [0.25, 0.3) is 0 Å². The van der Waals surface area contributed by atoms with Gasteiger partial charge in [-0.3, -0.25) is 4.99 Å². The van der Waals surface area contributed by atoms with Crippen LogP contribution >= 0.6 is 0 Å². The van der Waals surface area contributed by atoms with Crippen LogP contribution < -0.4 is 0 Å². The van der Waals surface area contributed by atoms with E-state index >= 15 is 0 Å². The largest absolute Gasteiger partial charge is 0.305 e.